The maximum absolute atomic E-state index is 4.49. The summed E-state index contributed by atoms with van der Waals surface area (Å²) < 4.78 is 0. The smallest absolute Gasteiger partial charge is 1.00 e. The zero-order chi connectivity index (χ0) is 48.7. The fraction of sp³-hybridized carbons (Fsp3) is 0.322. The molecule has 7 rings (SSSR count). The third-order valence-corrected chi connectivity index (χ3v) is 10.3. The molecule has 0 fully saturated rings. The Morgan fingerprint density at radius 2 is 0.479 bits per heavy atom. The third-order valence-electron chi connectivity index (χ3n) is 10.3. The first-order valence-corrected chi connectivity index (χ1v) is 22.0. The normalized spacial score (nSPS) is 8.89. The van der Waals surface area contributed by atoms with Crippen LogP contribution in [0.4, 0.5) is 0 Å². The van der Waals surface area contributed by atoms with Crippen molar-refractivity contribution < 1.29 is 142 Å². The fourth-order valence-electron chi connectivity index (χ4n) is 6.40. The number of benzene rings is 3. The van der Waals surface area contributed by atoms with Crippen molar-refractivity contribution in [3.05, 3.63) is 244 Å². The predicted molar refractivity (Wildman–Crippen MR) is 295 cm³/mol. The average Bonchev–Trinajstić information content (AvgIpc) is 4.20. The van der Waals surface area contributed by atoms with Crippen molar-refractivity contribution in [2.24, 2.45) is 0 Å². The second-order valence-corrected chi connectivity index (χ2v) is 15.4. The van der Waals surface area contributed by atoms with Crippen LogP contribution in [0.25, 0.3) is 0 Å². The van der Waals surface area contributed by atoms with Crippen molar-refractivity contribution in [3.8, 4) is 0 Å². The Morgan fingerprint density at radius 3 is 0.616 bits per heavy atom. The summed E-state index contributed by atoms with van der Waals surface area (Å²) in [6.45, 7) is 49.9. The third kappa shape index (κ3) is 33.0. The zero-order valence-corrected chi connectivity index (χ0v) is 62.1. The molecule has 0 spiro atoms. The molecule has 396 valence electrons. The van der Waals surface area contributed by atoms with Gasteiger partial charge in [-0.15, -0.1) is 22.8 Å². The molecule has 7 aromatic rings. The molecule has 14 heteroatoms. The van der Waals surface area contributed by atoms with Crippen molar-refractivity contribution >= 4 is 52.1 Å². The van der Waals surface area contributed by atoms with Gasteiger partial charge in [0.2, 0.25) is 0 Å². The van der Waals surface area contributed by atoms with Gasteiger partial charge in [-0.05, 0) is 50.8 Å². The summed E-state index contributed by atoms with van der Waals surface area (Å²) in [5, 5.41) is 0. The van der Waals surface area contributed by atoms with E-state index in [0.29, 0.717) is 0 Å². The van der Waals surface area contributed by atoms with Gasteiger partial charge in [-0.3, -0.25) is 0 Å². The number of hydrogen-bond acceptors (Lipinski definition) is 0. The number of halogens is 5. The molecule has 0 bridgehead atoms. The van der Waals surface area contributed by atoms with Gasteiger partial charge in [0.15, 0.2) is 0 Å². The summed E-state index contributed by atoms with van der Waals surface area (Å²) in [5.74, 6) is 0. The molecule has 0 atom stereocenters. The zero-order valence-electron chi connectivity index (χ0n) is 46.6. The first kappa shape index (κ1) is 102. The van der Waals surface area contributed by atoms with Gasteiger partial charge >= 0.3 is 52.1 Å². The Balaban J connectivity index is -0.0000000690. The molecule has 0 unspecified atom stereocenters. The van der Waals surface area contributed by atoms with Crippen LogP contribution in [0.15, 0.2) is 152 Å². The van der Waals surface area contributed by atoms with Crippen LogP contribution in [-0.2, 0) is 21.7 Å². The predicted octanol–water partition coefficient (Wildman–Crippen LogP) is -0.579. The summed E-state index contributed by atoms with van der Waals surface area (Å²) in [7, 11) is 0. The summed E-state index contributed by atoms with van der Waals surface area (Å²) in [5.41, 5.74) is 10.5. The maximum atomic E-state index is 4.49. The molecule has 3 aromatic carbocycles. The van der Waals surface area contributed by atoms with Crippen molar-refractivity contribution in [3.63, 3.8) is 0 Å². The number of aromatic nitrogens is 4. The van der Waals surface area contributed by atoms with E-state index in [1.54, 1.807) is 41.5 Å². The number of nitrogens with zero attached hydrogens (tertiary/aromatic N) is 4. The minimum atomic E-state index is -0.102. The van der Waals surface area contributed by atoms with Crippen molar-refractivity contribution in [2.45, 2.75) is 126 Å². The molecule has 4 heterocycles. The molecule has 0 saturated carbocycles. The molecule has 4 nitrogen and oxygen atoms in total. The van der Waals surface area contributed by atoms with Gasteiger partial charge in [0, 0.05) is 79.9 Å². The Bertz CT molecular complexity index is 1830. The molecule has 0 aliphatic heterocycles. The van der Waals surface area contributed by atoms with Gasteiger partial charge in [0.25, 0.3) is 0 Å². The summed E-state index contributed by atoms with van der Waals surface area (Å²) in [4.78, 5) is 18.0. The summed E-state index contributed by atoms with van der Waals surface area (Å²) in [6.07, 6.45) is 7.44. The standard InChI is InChI=1S/2C20H22N2.C7H8.6C2H5.3Al.5ClH.2Th/c2*1-19(2,17-10-6-12-21-17)15-8-5-9-16(14-15)20(3,4)18-11-7-13-22-18;1-7-5-3-2-4-6-7;6*1-2;;;;;;;;;;/h2*5-14H,1-4H3;2-6H,1H3;6*1H2,2H3;;;;5*1H;;/q2*-2;;6*-1;3*+3;;;;;;;/p-5. The maximum Gasteiger partial charge on any atom is 3.00 e. The first-order valence-electron chi connectivity index (χ1n) is 22.0. The molecule has 4 aromatic heterocycles. The van der Waals surface area contributed by atoms with Gasteiger partial charge < -0.3 is 124 Å². The molecule has 0 aliphatic rings. The van der Waals surface area contributed by atoms with Crippen molar-refractivity contribution in [1.29, 1.82) is 0 Å². The van der Waals surface area contributed by atoms with Crippen molar-refractivity contribution in [1.82, 2.24) is 19.9 Å². The molecule has 0 aliphatic carbocycles. The minimum Gasteiger partial charge on any atom is -1.00 e. The SMILES string of the molecule is CC(C)(c1cccc(C(C)(C)c2ccc[n-]2)c1)c1ccc[n-]1.CC(C)(c1cccc(C(C)(C)c2ccc[n-]2)c1)c1ccc[n-]1.Cc1ccccc1.[Al+3].[Al+3].[Al+3].[CH2-]C.[CH2-]C.[CH2-]C.[CH2-]C.[CH2-]C.[CH2-]C.[Cl-].[Cl-].[Cl-].[Cl-].[Cl-].[Th].[Th]. The van der Waals surface area contributed by atoms with Gasteiger partial charge in [-0.1, -0.05) is 188 Å². The van der Waals surface area contributed by atoms with Crippen LogP contribution < -0.4 is 82.0 Å². The van der Waals surface area contributed by atoms with E-state index < -0.39 is 0 Å². The molecule has 0 amide bonds. The molecule has 0 saturated heterocycles. The van der Waals surface area contributed by atoms with Crippen LogP contribution in [-0.4, -0.2) is 52.1 Å². The molecule has 0 N–H and O–H groups in total. The molecular formula is C59H82Al3Cl5N4Th2-6. The second kappa shape index (κ2) is 57.2. The molecular weight excluding hydrogens is 1490 g/mol. The molecule has 73 heavy (non-hydrogen) atoms. The van der Waals surface area contributed by atoms with E-state index >= 15 is 0 Å². The van der Waals surface area contributed by atoms with E-state index in [-0.39, 0.29) is 216 Å². The van der Waals surface area contributed by atoms with E-state index in [0.717, 1.165) is 22.8 Å². The van der Waals surface area contributed by atoms with Crippen LogP contribution in [0, 0.1) is 128 Å². The number of rotatable bonds is 8. The largest absolute Gasteiger partial charge is 3.00 e. The van der Waals surface area contributed by atoms with Crippen LogP contribution in [0.3, 0.4) is 0 Å². The molecule has 0 radical (unpaired) electrons. The Morgan fingerprint density at radius 1 is 0.288 bits per heavy atom. The van der Waals surface area contributed by atoms with E-state index in [9.17, 15) is 0 Å². The quantitative estimate of drug-likeness (QED) is 0.151. The Labute approximate surface area is 576 Å². The van der Waals surface area contributed by atoms with Gasteiger partial charge in [-0.25, -0.2) is 0 Å². The fourth-order valence-corrected chi connectivity index (χ4v) is 6.40. The second-order valence-electron chi connectivity index (χ2n) is 15.4. The van der Waals surface area contributed by atoms with Crippen LogP contribution in [0.1, 0.15) is 148 Å². The number of hydrogen-bond donors (Lipinski definition) is 0. The van der Waals surface area contributed by atoms with Crippen LogP contribution in [0.5, 0.6) is 0 Å². The minimum absolute atomic E-state index is 0. The van der Waals surface area contributed by atoms with Gasteiger partial charge in [0.1, 0.15) is 0 Å². The summed E-state index contributed by atoms with van der Waals surface area (Å²) in [6, 6.07) is 44.2. The van der Waals surface area contributed by atoms with E-state index in [4.69, 9.17) is 0 Å². The topological polar surface area (TPSA) is 56.4 Å². The first-order chi connectivity index (χ1) is 30.2. The van der Waals surface area contributed by atoms with Gasteiger partial charge in [0.05, 0.1) is 0 Å². The average molecular weight is 1570 g/mol. The van der Waals surface area contributed by atoms with E-state index in [1.807, 2.05) is 67.3 Å². The van der Waals surface area contributed by atoms with E-state index in [2.05, 4.69) is 209 Å². The van der Waals surface area contributed by atoms with Crippen LogP contribution in [0.2, 0.25) is 0 Å². The monoisotopic (exact) mass is 1570 g/mol. The Kier molecular flexibility index (Phi) is 80.0. The summed E-state index contributed by atoms with van der Waals surface area (Å²) >= 11 is 0. The van der Waals surface area contributed by atoms with Crippen molar-refractivity contribution in [2.75, 3.05) is 0 Å². The Hall–Kier alpha value is 0.477. The van der Waals surface area contributed by atoms with E-state index in [1.165, 1.54) is 27.8 Å². The van der Waals surface area contributed by atoms with Crippen LogP contribution >= 0.6 is 0 Å². The van der Waals surface area contributed by atoms with Gasteiger partial charge in [-0.2, -0.15) is 66.3 Å². The number of aryl methyl sites for hydroxylation is 1.